The summed E-state index contributed by atoms with van der Waals surface area (Å²) >= 11 is 0. The van der Waals surface area contributed by atoms with Crippen molar-refractivity contribution >= 4 is 10.9 Å². The molecule has 0 atom stereocenters. The third-order valence-corrected chi connectivity index (χ3v) is 4.44. The Morgan fingerprint density at radius 2 is 2.00 bits per heavy atom. The highest BCUT2D eigenvalue weighted by Crippen LogP contribution is 2.28. The molecular weight excluding hydrogens is 232 g/mol. The van der Waals surface area contributed by atoms with Gasteiger partial charge in [0, 0.05) is 18.3 Å². The predicted molar refractivity (Wildman–Crippen MR) is 81.3 cm³/mol. The molecule has 0 bridgehead atoms. The van der Waals surface area contributed by atoms with Crippen LogP contribution in [0.3, 0.4) is 0 Å². The molecule has 0 unspecified atom stereocenters. The van der Waals surface area contributed by atoms with Gasteiger partial charge in [-0.3, -0.25) is 0 Å². The topological polar surface area (TPSA) is 30.9 Å². The van der Waals surface area contributed by atoms with Crippen molar-refractivity contribution in [1.82, 2.24) is 4.57 Å². The van der Waals surface area contributed by atoms with Gasteiger partial charge in [0.1, 0.15) is 0 Å². The maximum atomic E-state index is 5.60. The molecule has 3 rings (SSSR count). The van der Waals surface area contributed by atoms with Gasteiger partial charge < -0.3 is 10.3 Å². The van der Waals surface area contributed by atoms with E-state index < -0.39 is 0 Å². The van der Waals surface area contributed by atoms with Crippen molar-refractivity contribution in [2.24, 2.45) is 11.7 Å². The summed E-state index contributed by atoms with van der Waals surface area (Å²) in [5, 5.41) is 1.37. The van der Waals surface area contributed by atoms with Crippen molar-refractivity contribution in [2.45, 2.75) is 45.1 Å². The van der Waals surface area contributed by atoms with Gasteiger partial charge >= 0.3 is 0 Å². The van der Waals surface area contributed by atoms with Crippen molar-refractivity contribution in [3.63, 3.8) is 0 Å². The average molecular weight is 256 g/mol. The molecule has 2 N–H and O–H groups in total. The summed E-state index contributed by atoms with van der Waals surface area (Å²) in [6.45, 7) is 1.98. The molecule has 1 aromatic heterocycles. The fraction of sp³-hybridized carbons (Fsp3) is 0.529. The minimum absolute atomic E-state index is 0.779. The number of hydrogen-bond donors (Lipinski definition) is 1. The van der Waals surface area contributed by atoms with Gasteiger partial charge in [0.05, 0.1) is 0 Å². The van der Waals surface area contributed by atoms with E-state index in [-0.39, 0.29) is 0 Å². The zero-order valence-corrected chi connectivity index (χ0v) is 11.6. The van der Waals surface area contributed by atoms with Crippen LogP contribution >= 0.6 is 0 Å². The first-order valence-corrected chi connectivity index (χ1v) is 7.64. The third kappa shape index (κ3) is 2.84. The standard InChI is InChI=1S/C17H24N2/c18-10-3-6-14-7-8-16-9-11-19(17(16)12-14)13-15-4-1-2-5-15/h7-9,11-12,15H,1-6,10,13,18H2. The van der Waals surface area contributed by atoms with Crippen LogP contribution in [0, 0.1) is 5.92 Å². The van der Waals surface area contributed by atoms with Gasteiger partial charge in [-0.25, -0.2) is 0 Å². The molecule has 1 aliphatic carbocycles. The summed E-state index contributed by atoms with van der Waals surface area (Å²) in [6, 6.07) is 9.11. The minimum Gasteiger partial charge on any atom is -0.347 e. The van der Waals surface area contributed by atoms with Gasteiger partial charge in [-0.1, -0.05) is 25.0 Å². The lowest BCUT2D eigenvalue weighted by molar-refractivity contribution is 0.466. The Balaban J connectivity index is 1.82. The van der Waals surface area contributed by atoms with E-state index in [4.69, 9.17) is 5.73 Å². The highest BCUT2D eigenvalue weighted by Gasteiger charge is 2.16. The van der Waals surface area contributed by atoms with Gasteiger partial charge in [-0.05, 0) is 61.2 Å². The molecule has 19 heavy (non-hydrogen) atoms. The largest absolute Gasteiger partial charge is 0.347 e. The fourth-order valence-electron chi connectivity index (χ4n) is 3.32. The summed E-state index contributed by atoms with van der Waals surface area (Å²) < 4.78 is 2.46. The normalized spacial score (nSPS) is 16.5. The van der Waals surface area contributed by atoms with E-state index in [2.05, 4.69) is 35.0 Å². The van der Waals surface area contributed by atoms with Gasteiger partial charge in [0.25, 0.3) is 0 Å². The first kappa shape index (κ1) is 12.7. The van der Waals surface area contributed by atoms with Crippen LogP contribution in [0.2, 0.25) is 0 Å². The zero-order chi connectivity index (χ0) is 13.1. The summed E-state index contributed by atoms with van der Waals surface area (Å²) in [6.07, 6.45) is 10.1. The molecule has 0 amide bonds. The van der Waals surface area contributed by atoms with Crippen LogP contribution in [0.4, 0.5) is 0 Å². The maximum Gasteiger partial charge on any atom is 0.0483 e. The van der Waals surface area contributed by atoms with Crippen LogP contribution in [-0.4, -0.2) is 11.1 Å². The van der Waals surface area contributed by atoms with Crippen molar-refractivity contribution < 1.29 is 0 Å². The van der Waals surface area contributed by atoms with Gasteiger partial charge in [0.2, 0.25) is 0 Å². The van der Waals surface area contributed by atoms with E-state index in [1.54, 1.807) is 0 Å². The molecule has 1 aliphatic rings. The van der Waals surface area contributed by atoms with Crippen LogP contribution in [0.25, 0.3) is 10.9 Å². The van der Waals surface area contributed by atoms with Gasteiger partial charge in [-0.2, -0.15) is 0 Å². The van der Waals surface area contributed by atoms with Gasteiger partial charge in [-0.15, -0.1) is 0 Å². The van der Waals surface area contributed by atoms with E-state index in [1.807, 2.05) is 0 Å². The van der Waals surface area contributed by atoms with E-state index in [1.165, 1.54) is 48.7 Å². The highest BCUT2D eigenvalue weighted by molar-refractivity contribution is 5.80. The molecule has 1 heterocycles. The van der Waals surface area contributed by atoms with E-state index in [0.29, 0.717) is 0 Å². The molecule has 1 aromatic carbocycles. The monoisotopic (exact) mass is 256 g/mol. The van der Waals surface area contributed by atoms with E-state index >= 15 is 0 Å². The Morgan fingerprint density at radius 1 is 1.16 bits per heavy atom. The summed E-state index contributed by atoms with van der Waals surface area (Å²) in [5.41, 5.74) is 8.43. The van der Waals surface area contributed by atoms with Crippen LogP contribution in [0.5, 0.6) is 0 Å². The summed E-state index contributed by atoms with van der Waals surface area (Å²) in [4.78, 5) is 0. The number of aromatic nitrogens is 1. The van der Waals surface area contributed by atoms with Crippen LogP contribution in [-0.2, 0) is 13.0 Å². The molecule has 1 fully saturated rings. The first-order chi connectivity index (χ1) is 9.36. The molecule has 2 heteroatoms. The molecule has 102 valence electrons. The number of rotatable bonds is 5. The Hall–Kier alpha value is -1.28. The second-order valence-corrected chi connectivity index (χ2v) is 5.90. The number of hydrogen-bond acceptors (Lipinski definition) is 1. The maximum absolute atomic E-state index is 5.60. The molecule has 0 spiro atoms. The second kappa shape index (κ2) is 5.79. The molecular formula is C17H24N2. The Kier molecular flexibility index (Phi) is 3.88. The third-order valence-electron chi connectivity index (χ3n) is 4.44. The number of fused-ring (bicyclic) bond motifs is 1. The van der Waals surface area contributed by atoms with Crippen LogP contribution in [0.15, 0.2) is 30.5 Å². The highest BCUT2D eigenvalue weighted by atomic mass is 15.0. The number of benzene rings is 1. The molecule has 2 nitrogen and oxygen atoms in total. The van der Waals surface area contributed by atoms with Gasteiger partial charge in [0.15, 0.2) is 0 Å². The second-order valence-electron chi connectivity index (χ2n) is 5.90. The summed E-state index contributed by atoms with van der Waals surface area (Å²) in [5.74, 6) is 0.892. The van der Waals surface area contributed by atoms with Crippen molar-refractivity contribution in [3.8, 4) is 0 Å². The van der Waals surface area contributed by atoms with Crippen LogP contribution in [0.1, 0.15) is 37.7 Å². The molecule has 0 aliphatic heterocycles. The lowest BCUT2D eigenvalue weighted by Crippen LogP contribution is -2.06. The molecule has 1 saturated carbocycles. The number of nitrogens with zero attached hydrogens (tertiary/aromatic N) is 1. The Bertz CT molecular complexity index is 535. The van der Waals surface area contributed by atoms with Crippen LogP contribution < -0.4 is 5.73 Å². The number of aryl methyl sites for hydroxylation is 1. The Labute approximate surface area is 115 Å². The molecule has 0 radical (unpaired) electrons. The molecule has 2 aromatic rings. The lowest BCUT2D eigenvalue weighted by Gasteiger charge is -2.12. The fourth-order valence-corrected chi connectivity index (χ4v) is 3.32. The van der Waals surface area contributed by atoms with E-state index in [9.17, 15) is 0 Å². The van der Waals surface area contributed by atoms with Crippen molar-refractivity contribution in [1.29, 1.82) is 0 Å². The predicted octanol–water partition coefficient (Wildman–Crippen LogP) is 3.72. The molecule has 0 saturated heterocycles. The lowest BCUT2D eigenvalue weighted by atomic mass is 10.1. The smallest absolute Gasteiger partial charge is 0.0483 e. The minimum atomic E-state index is 0.779. The van der Waals surface area contributed by atoms with Crippen molar-refractivity contribution in [2.75, 3.05) is 6.54 Å². The SMILES string of the molecule is NCCCc1ccc2ccn(CC3CCCC3)c2c1. The Morgan fingerprint density at radius 3 is 2.79 bits per heavy atom. The average Bonchev–Trinajstić information content (AvgIpc) is 3.07. The van der Waals surface area contributed by atoms with Crippen molar-refractivity contribution in [3.05, 3.63) is 36.0 Å². The number of nitrogens with two attached hydrogens (primary N) is 1. The summed E-state index contributed by atoms with van der Waals surface area (Å²) in [7, 11) is 0. The zero-order valence-electron chi connectivity index (χ0n) is 11.6. The quantitative estimate of drug-likeness (QED) is 0.868. The van der Waals surface area contributed by atoms with E-state index in [0.717, 1.165) is 25.3 Å². The first-order valence-electron chi connectivity index (χ1n) is 7.64.